The summed E-state index contributed by atoms with van der Waals surface area (Å²) >= 11 is 0. The second-order valence-corrected chi connectivity index (χ2v) is 3.72. The largest absolute Gasteiger partial charge is 0.497 e. The molecule has 1 aromatic heterocycles. The summed E-state index contributed by atoms with van der Waals surface area (Å²) in [5, 5.41) is 0. The van der Waals surface area contributed by atoms with Crippen molar-refractivity contribution in [3.05, 3.63) is 41.8 Å². The highest BCUT2D eigenvalue weighted by atomic mass is 19.1. The average Bonchev–Trinajstić information content (AvgIpc) is 2.32. The van der Waals surface area contributed by atoms with E-state index in [4.69, 9.17) is 10.5 Å². The summed E-state index contributed by atoms with van der Waals surface area (Å²) in [6, 6.07) is 8.11. The van der Waals surface area contributed by atoms with Gasteiger partial charge in [0, 0.05) is 11.6 Å². The molecule has 2 rings (SSSR count). The number of anilines is 1. The lowest BCUT2D eigenvalue weighted by Gasteiger charge is -2.07. The molecule has 0 saturated heterocycles. The zero-order valence-electron chi connectivity index (χ0n) is 9.70. The van der Waals surface area contributed by atoms with E-state index in [1.165, 1.54) is 13.2 Å². The number of rotatable bonds is 2. The molecule has 2 aromatic rings. The van der Waals surface area contributed by atoms with Crippen LogP contribution in [0.3, 0.4) is 0 Å². The van der Waals surface area contributed by atoms with Crippen LogP contribution in [-0.4, -0.2) is 12.1 Å². The highest BCUT2D eigenvalue weighted by Gasteiger charge is 2.08. The quantitative estimate of drug-likeness (QED) is 0.866. The maximum atomic E-state index is 13.8. The Balaban J connectivity index is 2.49. The molecule has 1 aromatic carbocycles. The Morgan fingerprint density at radius 1 is 1.24 bits per heavy atom. The molecule has 0 aliphatic carbocycles. The van der Waals surface area contributed by atoms with Crippen LogP contribution in [0.2, 0.25) is 0 Å². The van der Waals surface area contributed by atoms with E-state index in [9.17, 15) is 4.39 Å². The average molecular weight is 232 g/mol. The zero-order chi connectivity index (χ0) is 12.4. The molecule has 17 heavy (non-hydrogen) atoms. The number of hydrogen-bond donors (Lipinski definition) is 1. The van der Waals surface area contributed by atoms with E-state index in [1.807, 2.05) is 0 Å². The third kappa shape index (κ3) is 2.20. The summed E-state index contributed by atoms with van der Waals surface area (Å²) in [6.45, 7) is 1.79. The van der Waals surface area contributed by atoms with Crippen molar-refractivity contribution >= 4 is 5.69 Å². The molecule has 3 nitrogen and oxygen atoms in total. The Morgan fingerprint density at radius 2 is 2.00 bits per heavy atom. The van der Waals surface area contributed by atoms with Gasteiger partial charge in [-0.05, 0) is 31.2 Å². The Bertz CT molecular complexity index is 555. The van der Waals surface area contributed by atoms with Gasteiger partial charge in [0.2, 0.25) is 0 Å². The summed E-state index contributed by atoms with van der Waals surface area (Å²) in [4.78, 5) is 4.25. The van der Waals surface area contributed by atoms with Crippen molar-refractivity contribution in [2.24, 2.45) is 0 Å². The number of aryl methyl sites for hydroxylation is 1. The van der Waals surface area contributed by atoms with Gasteiger partial charge in [0.25, 0.3) is 0 Å². The maximum Gasteiger partial charge on any atom is 0.136 e. The number of aromatic nitrogens is 1. The van der Waals surface area contributed by atoms with Gasteiger partial charge >= 0.3 is 0 Å². The lowest BCUT2D eigenvalue weighted by atomic mass is 10.1. The maximum absolute atomic E-state index is 13.8. The summed E-state index contributed by atoms with van der Waals surface area (Å²) in [7, 11) is 1.50. The van der Waals surface area contributed by atoms with E-state index < -0.39 is 0 Å². The molecular formula is C13H13FN2O. The van der Waals surface area contributed by atoms with Crippen molar-refractivity contribution < 1.29 is 9.13 Å². The van der Waals surface area contributed by atoms with E-state index in [1.54, 1.807) is 31.2 Å². The van der Waals surface area contributed by atoms with Gasteiger partial charge in [-0.3, -0.25) is 4.98 Å². The highest BCUT2D eigenvalue weighted by Crippen LogP contribution is 2.25. The third-order valence-electron chi connectivity index (χ3n) is 2.58. The minimum Gasteiger partial charge on any atom is -0.497 e. The first kappa shape index (κ1) is 11.4. The van der Waals surface area contributed by atoms with Crippen LogP contribution in [0, 0.1) is 12.7 Å². The lowest BCUT2D eigenvalue weighted by molar-refractivity contribution is 0.411. The third-order valence-corrected chi connectivity index (χ3v) is 2.58. The molecule has 0 spiro atoms. The molecule has 0 bridgehead atoms. The van der Waals surface area contributed by atoms with Gasteiger partial charge in [0.05, 0.1) is 24.2 Å². The molecule has 0 unspecified atom stereocenters. The molecule has 0 radical (unpaired) electrons. The number of methoxy groups -OCH3 is 1. The number of halogens is 1. The fourth-order valence-electron chi connectivity index (χ4n) is 1.55. The van der Waals surface area contributed by atoms with Crippen LogP contribution >= 0.6 is 0 Å². The summed E-state index contributed by atoms with van der Waals surface area (Å²) in [5.41, 5.74) is 7.97. The van der Waals surface area contributed by atoms with Crippen LogP contribution in [0.4, 0.5) is 10.1 Å². The Hall–Kier alpha value is -2.10. The van der Waals surface area contributed by atoms with Crippen molar-refractivity contribution in [3.63, 3.8) is 0 Å². The number of hydrogen-bond acceptors (Lipinski definition) is 3. The topological polar surface area (TPSA) is 48.1 Å². The van der Waals surface area contributed by atoms with E-state index >= 15 is 0 Å². The number of ether oxygens (including phenoxy) is 1. The molecule has 0 saturated carbocycles. The van der Waals surface area contributed by atoms with Crippen LogP contribution in [0.25, 0.3) is 11.3 Å². The van der Waals surface area contributed by atoms with Crippen LogP contribution < -0.4 is 10.5 Å². The predicted octanol–water partition coefficient (Wildman–Crippen LogP) is 2.79. The fraction of sp³-hybridized carbons (Fsp3) is 0.154. The Kier molecular flexibility index (Phi) is 2.95. The number of benzene rings is 1. The molecule has 0 amide bonds. The number of nitrogens with zero attached hydrogens (tertiary/aromatic N) is 1. The second kappa shape index (κ2) is 4.41. The van der Waals surface area contributed by atoms with Gasteiger partial charge < -0.3 is 10.5 Å². The molecular weight excluding hydrogens is 219 g/mol. The van der Waals surface area contributed by atoms with Crippen LogP contribution in [0.5, 0.6) is 5.75 Å². The number of nitrogens with two attached hydrogens (primary N) is 1. The van der Waals surface area contributed by atoms with E-state index in [-0.39, 0.29) is 5.82 Å². The minimum atomic E-state index is -0.360. The normalized spacial score (nSPS) is 10.3. The first-order chi connectivity index (χ1) is 8.11. The lowest BCUT2D eigenvalue weighted by Crippen LogP contribution is -1.96. The van der Waals surface area contributed by atoms with Crippen molar-refractivity contribution in [2.75, 3.05) is 12.8 Å². The molecule has 0 aliphatic heterocycles. The number of nitrogen functional groups attached to an aromatic ring is 1. The first-order valence-corrected chi connectivity index (χ1v) is 5.19. The zero-order valence-corrected chi connectivity index (χ0v) is 9.70. The fourth-order valence-corrected chi connectivity index (χ4v) is 1.55. The first-order valence-electron chi connectivity index (χ1n) is 5.19. The van der Waals surface area contributed by atoms with Gasteiger partial charge in [0.15, 0.2) is 0 Å². The summed E-state index contributed by atoms with van der Waals surface area (Å²) < 4.78 is 18.8. The van der Waals surface area contributed by atoms with Gasteiger partial charge in [-0.1, -0.05) is 0 Å². The van der Waals surface area contributed by atoms with Gasteiger partial charge in [0.1, 0.15) is 11.6 Å². The SMILES string of the molecule is COc1ccc(-c2ccc(N)c(C)n2)c(F)c1. The molecule has 0 aliphatic rings. The molecule has 0 atom stereocenters. The molecule has 1 heterocycles. The molecule has 0 fully saturated rings. The van der Waals surface area contributed by atoms with Crippen LogP contribution in [0.1, 0.15) is 5.69 Å². The van der Waals surface area contributed by atoms with Gasteiger partial charge in [-0.2, -0.15) is 0 Å². The molecule has 2 N–H and O–H groups in total. The predicted molar refractivity (Wildman–Crippen MR) is 65.3 cm³/mol. The molecule has 4 heteroatoms. The van der Waals surface area contributed by atoms with Crippen molar-refractivity contribution in [3.8, 4) is 17.0 Å². The Labute approximate surface area is 99.1 Å². The minimum absolute atomic E-state index is 0.360. The summed E-state index contributed by atoms with van der Waals surface area (Å²) in [5.74, 6) is 0.124. The van der Waals surface area contributed by atoms with Gasteiger partial charge in [-0.15, -0.1) is 0 Å². The number of pyridine rings is 1. The van der Waals surface area contributed by atoms with Crippen LogP contribution in [-0.2, 0) is 0 Å². The second-order valence-electron chi connectivity index (χ2n) is 3.72. The van der Waals surface area contributed by atoms with E-state index in [2.05, 4.69) is 4.98 Å². The van der Waals surface area contributed by atoms with E-state index in [0.717, 1.165) is 0 Å². The smallest absolute Gasteiger partial charge is 0.136 e. The van der Waals surface area contributed by atoms with Gasteiger partial charge in [-0.25, -0.2) is 4.39 Å². The summed E-state index contributed by atoms with van der Waals surface area (Å²) in [6.07, 6.45) is 0. The van der Waals surface area contributed by atoms with Crippen molar-refractivity contribution in [2.45, 2.75) is 6.92 Å². The highest BCUT2D eigenvalue weighted by molar-refractivity contribution is 5.63. The molecule has 88 valence electrons. The monoisotopic (exact) mass is 232 g/mol. The van der Waals surface area contributed by atoms with E-state index in [0.29, 0.717) is 28.4 Å². The Morgan fingerprint density at radius 3 is 2.59 bits per heavy atom. The van der Waals surface area contributed by atoms with Crippen molar-refractivity contribution in [1.82, 2.24) is 4.98 Å². The standard InChI is InChI=1S/C13H13FN2O/c1-8-12(15)5-6-13(16-8)10-4-3-9(17-2)7-11(10)14/h3-7H,15H2,1-2H3. The van der Waals surface area contributed by atoms with Crippen molar-refractivity contribution in [1.29, 1.82) is 0 Å². The van der Waals surface area contributed by atoms with Crippen LogP contribution in [0.15, 0.2) is 30.3 Å².